The minimum atomic E-state index is -0.266. The number of nitrogens with zero attached hydrogens (tertiary/aromatic N) is 1. The van der Waals surface area contributed by atoms with Gasteiger partial charge in [0, 0.05) is 25.7 Å². The van der Waals surface area contributed by atoms with Crippen LogP contribution in [0.4, 0.5) is 9.59 Å². The average Bonchev–Trinajstić information content (AvgIpc) is 3.02. The molecule has 126 valence electrons. The molecule has 2 N–H and O–H groups in total. The third kappa shape index (κ3) is 4.76. The van der Waals surface area contributed by atoms with Crippen LogP contribution in [0.3, 0.4) is 0 Å². The number of urea groups is 1. The fourth-order valence-electron chi connectivity index (χ4n) is 2.94. The van der Waals surface area contributed by atoms with Crippen LogP contribution in [0.25, 0.3) is 0 Å². The molecule has 0 bridgehead atoms. The Kier molecular flexibility index (Phi) is 6.30. The lowest BCUT2D eigenvalue weighted by atomic mass is 10.1. The number of piperidine rings is 1. The zero-order valence-electron chi connectivity index (χ0n) is 13.5. The van der Waals surface area contributed by atoms with Crippen LogP contribution in [0.5, 0.6) is 0 Å². The monoisotopic (exact) mass is 313 g/mol. The van der Waals surface area contributed by atoms with Crippen molar-refractivity contribution in [2.75, 3.05) is 26.3 Å². The molecule has 2 heterocycles. The topological polar surface area (TPSA) is 79.9 Å². The maximum absolute atomic E-state index is 12.0. The molecule has 0 aliphatic carbocycles. The van der Waals surface area contributed by atoms with Crippen LogP contribution in [0.2, 0.25) is 0 Å². The van der Waals surface area contributed by atoms with Crippen molar-refractivity contribution < 1.29 is 19.1 Å². The van der Waals surface area contributed by atoms with Gasteiger partial charge in [-0.15, -0.1) is 0 Å². The Morgan fingerprint density at radius 1 is 1.32 bits per heavy atom. The molecule has 2 unspecified atom stereocenters. The molecular weight excluding hydrogens is 286 g/mol. The molecule has 0 saturated carbocycles. The Morgan fingerprint density at radius 2 is 2.05 bits per heavy atom. The van der Waals surface area contributed by atoms with E-state index in [1.54, 1.807) is 11.8 Å². The molecule has 2 aliphatic heterocycles. The predicted octanol–water partition coefficient (Wildman–Crippen LogP) is 1.47. The summed E-state index contributed by atoms with van der Waals surface area (Å²) in [6.07, 6.45) is 3.42. The molecule has 2 aliphatic rings. The summed E-state index contributed by atoms with van der Waals surface area (Å²) in [5.74, 6) is 0. The summed E-state index contributed by atoms with van der Waals surface area (Å²) in [6, 6.07) is -0.0397. The van der Waals surface area contributed by atoms with Gasteiger partial charge in [0.25, 0.3) is 0 Å². The summed E-state index contributed by atoms with van der Waals surface area (Å²) in [5, 5.41) is 5.92. The quantitative estimate of drug-likeness (QED) is 0.824. The fourth-order valence-corrected chi connectivity index (χ4v) is 2.94. The average molecular weight is 313 g/mol. The van der Waals surface area contributed by atoms with E-state index in [4.69, 9.17) is 9.47 Å². The van der Waals surface area contributed by atoms with Gasteiger partial charge in [0.1, 0.15) is 0 Å². The van der Waals surface area contributed by atoms with Crippen molar-refractivity contribution in [3.63, 3.8) is 0 Å². The van der Waals surface area contributed by atoms with Gasteiger partial charge in [-0.25, -0.2) is 9.59 Å². The Bertz CT molecular complexity index is 377. The summed E-state index contributed by atoms with van der Waals surface area (Å²) >= 11 is 0. The summed E-state index contributed by atoms with van der Waals surface area (Å²) in [6.45, 7) is 6.17. The Labute approximate surface area is 131 Å². The van der Waals surface area contributed by atoms with E-state index in [-0.39, 0.29) is 30.3 Å². The maximum atomic E-state index is 12.0. The minimum absolute atomic E-state index is 0.0159. The van der Waals surface area contributed by atoms with Crippen LogP contribution in [0.1, 0.15) is 39.5 Å². The zero-order chi connectivity index (χ0) is 15.9. The molecule has 2 saturated heterocycles. The Balaban J connectivity index is 1.66. The molecule has 2 rings (SSSR count). The highest BCUT2D eigenvalue weighted by atomic mass is 16.6. The molecule has 0 aromatic heterocycles. The van der Waals surface area contributed by atoms with Crippen molar-refractivity contribution in [2.45, 2.75) is 57.7 Å². The first-order valence-electron chi connectivity index (χ1n) is 8.20. The van der Waals surface area contributed by atoms with Crippen LogP contribution >= 0.6 is 0 Å². The number of ether oxygens (including phenoxy) is 2. The third-order valence-electron chi connectivity index (χ3n) is 4.24. The van der Waals surface area contributed by atoms with Crippen LogP contribution in [0, 0.1) is 0 Å². The van der Waals surface area contributed by atoms with Crippen LogP contribution < -0.4 is 10.6 Å². The molecule has 2 atom stereocenters. The SMILES string of the molecule is CCOC(=O)N1CCC(NC(=O)NC(C)C2CCCO2)CC1. The molecule has 2 fully saturated rings. The van der Waals surface area contributed by atoms with E-state index < -0.39 is 0 Å². The molecule has 22 heavy (non-hydrogen) atoms. The number of carbonyl (C=O) groups is 2. The van der Waals surface area contributed by atoms with Crippen LogP contribution in [-0.2, 0) is 9.47 Å². The van der Waals surface area contributed by atoms with Crippen molar-refractivity contribution in [3.8, 4) is 0 Å². The number of nitrogens with one attached hydrogen (secondary N) is 2. The number of likely N-dealkylation sites (tertiary alicyclic amines) is 1. The zero-order valence-corrected chi connectivity index (χ0v) is 13.5. The highest BCUT2D eigenvalue weighted by Crippen LogP contribution is 2.15. The van der Waals surface area contributed by atoms with E-state index >= 15 is 0 Å². The standard InChI is InChI=1S/C15H27N3O4/c1-3-21-15(20)18-8-6-12(7-9-18)17-14(19)16-11(2)13-5-4-10-22-13/h11-13H,3-10H2,1-2H3,(H2,16,17,19). The summed E-state index contributed by atoms with van der Waals surface area (Å²) in [5.41, 5.74) is 0. The van der Waals surface area contributed by atoms with Crippen molar-refractivity contribution in [1.29, 1.82) is 0 Å². The number of carbonyl (C=O) groups excluding carboxylic acids is 2. The highest BCUT2D eigenvalue weighted by Gasteiger charge is 2.27. The maximum Gasteiger partial charge on any atom is 0.409 e. The van der Waals surface area contributed by atoms with Gasteiger partial charge < -0.3 is 25.0 Å². The second-order valence-electron chi connectivity index (χ2n) is 5.92. The van der Waals surface area contributed by atoms with E-state index in [0.29, 0.717) is 19.7 Å². The van der Waals surface area contributed by atoms with Crippen molar-refractivity contribution in [3.05, 3.63) is 0 Å². The van der Waals surface area contributed by atoms with Crippen molar-refractivity contribution in [2.24, 2.45) is 0 Å². The first-order chi connectivity index (χ1) is 10.6. The predicted molar refractivity (Wildman–Crippen MR) is 81.7 cm³/mol. The van der Waals surface area contributed by atoms with Gasteiger partial charge in [0.15, 0.2) is 0 Å². The van der Waals surface area contributed by atoms with E-state index in [1.165, 1.54) is 0 Å². The molecule has 7 nitrogen and oxygen atoms in total. The second kappa shape index (κ2) is 8.22. The molecule has 3 amide bonds. The van der Waals surface area contributed by atoms with Gasteiger partial charge in [-0.2, -0.15) is 0 Å². The number of hydrogen-bond donors (Lipinski definition) is 2. The van der Waals surface area contributed by atoms with E-state index in [0.717, 1.165) is 32.3 Å². The summed E-state index contributed by atoms with van der Waals surface area (Å²) in [7, 11) is 0. The van der Waals surface area contributed by atoms with Crippen molar-refractivity contribution in [1.82, 2.24) is 15.5 Å². The molecule has 7 heteroatoms. The smallest absolute Gasteiger partial charge is 0.409 e. The molecule has 0 spiro atoms. The Morgan fingerprint density at radius 3 is 2.64 bits per heavy atom. The number of rotatable bonds is 4. The summed E-state index contributed by atoms with van der Waals surface area (Å²) < 4.78 is 10.5. The van der Waals surface area contributed by atoms with Gasteiger partial charge in [-0.05, 0) is 39.5 Å². The molecule has 0 aromatic carbocycles. The first kappa shape index (κ1) is 16.9. The number of amides is 3. The van der Waals surface area contributed by atoms with E-state index in [9.17, 15) is 9.59 Å². The lowest BCUT2D eigenvalue weighted by Gasteiger charge is -2.32. The van der Waals surface area contributed by atoms with Crippen molar-refractivity contribution >= 4 is 12.1 Å². The van der Waals surface area contributed by atoms with Gasteiger partial charge in [0.2, 0.25) is 0 Å². The van der Waals surface area contributed by atoms with E-state index in [2.05, 4.69) is 10.6 Å². The minimum Gasteiger partial charge on any atom is -0.450 e. The molecular formula is C15H27N3O4. The Hall–Kier alpha value is -1.50. The van der Waals surface area contributed by atoms with Gasteiger partial charge in [0.05, 0.1) is 18.8 Å². The summed E-state index contributed by atoms with van der Waals surface area (Å²) in [4.78, 5) is 25.3. The van der Waals surface area contributed by atoms with Crippen LogP contribution in [0.15, 0.2) is 0 Å². The van der Waals surface area contributed by atoms with Gasteiger partial charge in [-0.3, -0.25) is 0 Å². The third-order valence-corrected chi connectivity index (χ3v) is 4.24. The normalized spacial score (nSPS) is 23.9. The molecule has 0 aromatic rings. The lowest BCUT2D eigenvalue weighted by Crippen LogP contribution is -2.52. The lowest BCUT2D eigenvalue weighted by molar-refractivity contribution is 0.0848. The second-order valence-corrected chi connectivity index (χ2v) is 5.92. The van der Waals surface area contributed by atoms with Gasteiger partial charge in [-0.1, -0.05) is 0 Å². The van der Waals surface area contributed by atoms with Crippen LogP contribution in [-0.4, -0.2) is 61.5 Å². The fraction of sp³-hybridized carbons (Fsp3) is 0.867. The van der Waals surface area contributed by atoms with E-state index in [1.807, 2.05) is 6.92 Å². The van der Waals surface area contributed by atoms with Gasteiger partial charge >= 0.3 is 12.1 Å². The largest absolute Gasteiger partial charge is 0.450 e. The molecule has 0 radical (unpaired) electrons. The highest BCUT2D eigenvalue weighted by molar-refractivity contribution is 5.74. The number of hydrogen-bond acceptors (Lipinski definition) is 4. The first-order valence-corrected chi connectivity index (χ1v) is 8.20.